The fourth-order valence-corrected chi connectivity index (χ4v) is 1.86. The van der Waals surface area contributed by atoms with Gasteiger partial charge < -0.3 is 10.1 Å². The van der Waals surface area contributed by atoms with Crippen molar-refractivity contribution in [2.75, 3.05) is 11.9 Å². The van der Waals surface area contributed by atoms with Crippen LogP contribution in [0.5, 0.6) is 0 Å². The Balaban J connectivity index is 2.33. The summed E-state index contributed by atoms with van der Waals surface area (Å²) in [6.45, 7) is 2.09. The second-order valence-electron chi connectivity index (χ2n) is 3.64. The highest BCUT2D eigenvalue weighted by Crippen LogP contribution is 2.32. The molecule has 0 fully saturated rings. The van der Waals surface area contributed by atoms with Crippen LogP contribution in [-0.2, 0) is 14.3 Å². The van der Waals surface area contributed by atoms with E-state index in [0.717, 1.165) is 5.56 Å². The number of ether oxygens (including phenoxy) is 1. The van der Waals surface area contributed by atoms with E-state index < -0.39 is 5.92 Å². The van der Waals surface area contributed by atoms with E-state index in [2.05, 4.69) is 5.32 Å². The number of hydrogen-bond acceptors (Lipinski definition) is 3. The van der Waals surface area contributed by atoms with Crippen molar-refractivity contribution in [1.82, 2.24) is 0 Å². The van der Waals surface area contributed by atoms with Crippen LogP contribution in [0.1, 0.15) is 24.8 Å². The van der Waals surface area contributed by atoms with E-state index in [4.69, 9.17) is 4.74 Å². The lowest BCUT2D eigenvalue weighted by atomic mass is 9.91. The van der Waals surface area contributed by atoms with Crippen molar-refractivity contribution >= 4 is 17.6 Å². The summed E-state index contributed by atoms with van der Waals surface area (Å²) < 4.78 is 4.97. The van der Waals surface area contributed by atoms with Crippen molar-refractivity contribution in [2.24, 2.45) is 0 Å². The average Bonchev–Trinajstić information content (AvgIpc) is 2.28. The van der Waals surface area contributed by atoms with Crippen LogP contribution in [0.2, 0.25) is 0 Å². The van der Waals surface area contributed by atoms with Crippen LogP contribution in [0.25, 0.3) is 0 Å². The molecular formula is C12H13NO3. The SMILES string of the molecule is CCOC(=O)[C@H]1CC(=O)Nc2ccccc21. The summed E-state index contributed by atoms with van der Waals surface area (Å²) in [5.74, 6) is -0.938. The van der Waals surface area contributed by atoms with Gasteiger partial charge in [-0.05, 0) is 18.6 Å². The molecule has 2 rings (SSSR count). The van der Waals surface area contributed by atoms with Crippen molar-refractivity contribution < 1.29 is 14.3 Å². The van der Waals surface area contributed by atoms with Gasteiger partial charge in [-0.3, -0.25) is 9.59 Å². The first kappa shape index (κ1) is 10.7. The predicted molar refractivity (Wildman–Crippen MR) is 59.1 cm³/mol. The van der Waals surface area contributed by atoms with Crippen LogP contribution < -0.4 is 5.32 Å². The van der Waals surface area contributed by atoms with E-state index in [0.29, 0.717) is 12.3 Å². The second-order valence-corrected chi connectivity index (χ2v) is 3.64. The van der Waals surface area contributed by atoms with Gasteiger partial charge >= 0.3 is 5.97 Å². The van der Waals surface area contributed by atoms with Crippen LogP contribution >= 0.6 is 0 Å². The topological polar surface area (TPSA) is 55.4 Å². The molecule has 0 aromatic heterocycles. The van der Waals surface area contributed by atoms with Gasteiger partial charge in [-0.1, -0.05) is 18.2 Å². The maximum atomic E-state index is 11.7. The number of rotatable bonds is 2. The number of nitrogens with one attached hydrogen (secondary N) is 1. The number of hydrogen-bond donors (Lipinski definition) is 1. The van der Waals surface area contributed by atoms with Crippen LogP contribution in [0.4, 0.5) is 5.69 Å². The third-order valence-electron chi connectivity index (χ3n) is 2.57. The zero-order chi connectivity index (χ0) is 11.5. The molecule has 1 aromatic carbocycles. The largest absolute Gasteiger partial charge is 0.466 e. The number of benzene rings is 1. The number of amides is 1. The maximum Gasteiger partial charge on any atom is 0.314 e. The summed E-state index contributed by atoms with van der Waals surface area (Å²) in [6.07, 6.45) is 0.163. The normalized spacial score (nSPS) is 18.6. The Bertz CT molecular complexity index is 428. The summed E-state index contributed by atoms with van der Waals surface area (Å²) in [4.78, 5) is 23.1. The van der Waals surface area contributed by atoms with Gasteiger partial charge in [0.1, 0.15) is 0 Å². The molecule has 4 nitrogen and oxygen atoms in total. The van der Waals surface area contributed by atoms with Crippen LogP contribution in [0.15, 0.2) is 24.3 Å². The molecule has 0 saturated heterocycles. The number of fused-ring (bicyclic) bond motifs is 1. The van der Waals surface area contributed by atoms with Crippen LogP contribution in [0.3, 0.4) is 0 Å². The molecule has 0 spiro atoms. The lowest BCUT2D eigenvalue weighted by molar-refractivity contribution is -0.146. The molecule has 1 heterocycles. The van der Waals surface area contributed by atoms with Gasteiger partial charge in [0.05, 0.1) is 12.5 Å². The molecule has 0 unspecified atom stereocenters. The number of para-hydroxylation sites is 1. The third kappa shape index (κ3) is 1.91. The molecule has 1 N–H and O–H groups in total. The Morgan fingerprint density at radius 3 is 3.00 bits per heavy atom. The van der Waals surface area contributed by atoms with Crippen molar-refractivity contribution in [2.45, 2.75) is 19.3 Å². The summed E-state index contributed by atoms with van der Waals surface area (Å²) in [7, 11) is 0. The Hall–Kier alpha value is -1.84. The fraction of sp³-hybridized carbons (Fsp3) is 0.333. The first-order valence-electron chi connectivity index (χ1n) is 5.27. The van der Waals surface area contributed by atoms with Gasteiger partial charge in [-0.25, -0.2) is 0 Å². The average molecular weight is 219 g/mol. The number of carbonyl (C=O) groups is 2. The molecule has 1 aliphatic heterocycles. The highest BCUT2D eigenvalue weighted by atomic mass is 16.5. The van der Waals surface area contributed by atoms with Gasteiger partial charge in [-0.15, -0.1) is 0 Å². The number of esters is 1. The van der Waals surface area contributed by atoms with Gasteiger partial charge in [0.25, 0.3) is 0 Å². The van der Waals surface area contributed by atoms with E-state index in [1.54, 1.807) is 13.0 Å². The summed E-state index contributed by atoms with van der Waals surface area (Å²) in [6, 6.07) is 7.31. The molecule has 1 aliphatic rings. The minimum atomic E-state index is -0.468. The van der Waals surface area contributed by atoms with Gasteiger partial charge in [0, 0.05) is 12.1 Å². The molecule has 0 saturated carbocycles. The molecule has 1 amide bonds. The monoisotopic (exact) mass is 219 g/mol. The molecular weight excluding hydrogens is 206 g/mol. The molecule has 16 heavy (non-hydrogen) atoms. The van der Waals surface area contributed by atoms with Crippen LogP contribution in [-0.4, -0.2) is 18.5 Å². The molecule has 84 valence electrons. The first-order valence-corrected chi connectivity index (χ1v) is 5.27. The van der Waals surface area contributed by atoms with Crippen molar-refractivity contribution in [3.8, 4) is 0 Å². The molecule has 0 bridgehead atoms. The molecule has 0 aliphatic carbocycles. The van der Waals surface area contributed by atoms with Crippen molar-refractivity contribution in [3.63, 3.8) is 0 Å². The lowest BCUT2D eigenvalue weighted by Gasteiger charge is -2.23. The second kappa shape index (κ2) is 4.35. The van der Waals surface area contributed by atoms with Gasteiger partial charge in [-0.2, -0.15) is 0 Å². The van der Waals surface area contributed by atoms with Crippen LogP contribution in [0, 0.1) is 0 Å². The quantitative estimate of drug-likeness (QED) is 0.770. The predicted octanol–water partition coefficient (Wildman–Crippen LogP) is 1.68. The highest BCUT2D eigenvalue weighted by molar-refractivity contribution is 5.99. The third-order valence-corrected chi connectivity index (χ3v) is 2.57. The Morgan fingerprint density at radius 2 is 2.25 bits per heavy atom. The van der Waals surface area contributed by atoms with E-state index in [1.165, 1.54) is 0 Å². The number of anilines is 1. The fourth-order valence-electron chi connectivity index (χ4n) is 1.86. The molecule has 1 atom stereocenters. The standard InChI is InChI=1S/C12H13NO3/c1-2-16-12(15)9-7-11(14)13-10-6-4-3-5-8(9)10/h3-6,9H,2,7H2,1H3,(H,13,14)/t9-/m0/s1. The van der Waals surface area contributed by atoms with Crippen molar-refractivity contribution in [3.05, 3.63) is 29.8 Å². The number of carbonyl (C=O) groups excluding carboxylic acids is 2. The summed E-state index contributed by atoms with van der Waals surface area (Å²) in [5, 5.41) is 2.74. The minimum absolute atomic E-state index is 0.142. The van der Waals surface area contributed by atoms with E-state index in [-0.39, 0.29) is 18.3 Å². The highest BCUT2D eigenvalue weighted by Gasteiger charge is 2.31. The van der Waals surface area contributed by atoms with Crippen molar-refractivity contribution in [1.29, 1.82) is 0 Å². The van der Waals surface area contributed by atoms with E-state index in [9.17, 15) is 9.59 Å². The Kier molecular flexibility index (Phi) is 2.90. The minimum Gasteiger partial charge on any atom is -0.466 e. The Labute approximate surface area is 93.6 Å². The zero-order valence-corrected chi connectivity index (χ0v) is 9.03. The molecule has 1 aromatic rings. The maximum absolute atomic E-state index is 11.7. The smallest absolute Gasteiger partial charge is 0.314 e. The summed E-state index contributed by atoms with van der Waals surface area (Å²) in [5.41, 5.74) is 1.54. The zero-order valence-electron chi connectivity index (χ0n) is 9.03. The summed E-state index contributed by atoms with van der Waals surface area (Å²) >= 11 is 0. The van der Waals surface area contributed by atoms with E-state index in [1.807, 2.05) is 18.2 Å². The first-order chi connectivity index (χ1) is 7.72. The van der Waals surface area contributed by atoms with Gasteiger partial charge in [0.15, 0.2) is 0 Å². The van der Waals surface area contributed by atoms with E-state index >= 15 is 0 Å². The van der Waals surface area contributed by atoms with Gasteiger partial charge in [0.2, 0.25) is 5.91 Å². The Morgan fingerprint density at radius 1 is 1.50 bits per heavy atom. The molecule has 0 radical (unpaired) electrons. The molecule has 4 heteroatoms. The lowest BCUT2D eigenvalue weighted by Crippen LogP contribution is -2.28.